The first-order valence-corrected chi connectivity index (χ1v) is 11.9. The van der Waals surface area contributed by atoms with Crippen molar-refractivity contribution in [2.75, 3.05) is 50.9 Å². The summed E-state index contributed by atoms with van der Waals surface area (Å²) >= 11 is 6.72. The van der Waals surface area contributed by atoms with Crippen molar-refractivity contribution in [2.24, 2.45) is 0 Å². The molecule has 9 heteroatoms. The van der Waals surface area contributed by atoms with Crippen molar-refractivity contribution >= 4 is 28.2 Å². The van der Waals surface area contributed by atoms with Crippen LogP contribution in [-0.2, 0) is 9.47 Å². The molecule has 0 N–H and O–H groups in total. The topological polar surface area (TPSA) is 60.6 Å². The molecule has 3 fully saturated rings. The Hall–Kier alpha value is -2.13. The third kappa shape index (κ3) is 3.50. The molecule has 1 aromatic carbocycles. The van der Waals surface area contributed by atoms with Crippen LogP contribution in [0.25, 0.3) is 16.6 Å². The zero-order valence-corrected chi connectivity index (χ0v) is 19.2. The van der Waals surface area contributed by atoms with Gasteiger partial charge in [-0.05, 0) is 38.3 Å². The number of ether oxygens (including phenoxy) is 2. The van der Waals surface area contributed by atoms with Gasteiger partial charge in [0.15, 0.2) is 0 Å². The largest absolute Gasteiger partial charge is 0.377 e. The number of benzene rings is 1. The van der Waals surface area contributed by atoms with Gasteiger partial charge in [-0.25, -0.2) is 9.36 Å². The molecule has 3 saturated heterocycles. The lowest BCUT2D eigenvalue weighted by Gasteiger charge is -2.50. The van der Waals surface area contributed by atoms with Gasteiger partial charge in [-0.3, -0.25) is 4.90 Å². The predicted molar refractivity (Wildman–Crippen MR) is 124 cm³/mol. The van der Waals surface area contributed by atoms with E-state index in [0.717, 1.165) is 86.1 Å². The highest BCUT2D eigenvalue weighted by Gasteiger charge is 2.40. The fourth-order valence-electron chi connectivity index (χ4n) is 5.08. The molecule has 3 aliphatic rings. The summed E-state index contributed by atoms with van der Waals surface area (Å²) in [4.78, 5) is 4.93. The van der Waals surface area contributed by atoms with Gasteiger partial charge in [-0.1, -0.05) is 11.6 Å². The van der Waals surface area contributed by atoms with Gasteiger partial charge in [0.2, 0.25) is 0 Å². The van der Waals surface area contributed by atoms with E-state index in [-0.39, 0.29) is 11.8 Å². The molecule has 0 saturated carbocycles. The van der Waals surface area contributed by atoms with Crippen molar-refractivity contribution in [1.82, 2.24) is 24.5 Å². The van der Waals surface area contributed by atoms with E-state index >= 15 is 0 Å². The van der Waals surface area contributed by atoms with Crippen molar-refractivity contribution in [3.8, 4) is 5.69 Å². The molecule has 3 aromatic rings. The van der Waals surface area contributed by atoms with E-state index in [2.05, 4.69) is 33.0 Å². The number of fused-ring (bicyclic) bond motifs is 1. The average molecular weight is 457 g/mol. The van der Waals surface area contributed by atoms with Crippen LogP contribution in [0.15, 0.2) is 30.7 Å². The molecule has 0 spiro atoms. The Balaban J connectivity index is 1.26. The normalized spacial score (nSPS) is 24.1. The molecule has 0 bridgehead atoms. The Labute approximate surface area is 192 Å². The zero-order chi connectivity index (χ0) is 21.7. The first-order valence-electron chi connectivity index (χ1n) is 11.5. The fraction of sp³-hybridized carbons (Fsp3) is 0.565. The lowest BCUT2D eigenvalue weighted by Crippen LogP contribution is -2.64. The van der Waals surface area contributed by atoms with E-state index in [9.17, 15) is 0 Å². The Kier molecular flexibility index (Phi) is 5.13. The van der Waals surface area contributed by atoms with Crippen LogP contribution in [0.4, 0.5) is 5.69 Å². The van der Waals surface area contributed by atoms with Crippen molar-refractivity contribution in [3.05, 3.63) is 35.7 Å². The molecule has 1 atom stereocenters. The third-order valence-corrected chi connectivity index (χ3v) is 7.43. The molecule has 32 heavy (non-hydrogen) atoms. The van der Waals surface area contributed by atoms with Crippen LogP contribution < -0.4 is 4.90 Å². The predicted octanol–water partition coefficient (Wildman–Crippen LogP) is 3.49. The first kappa shape index (κ1) is 20.5. The smallest absolute Gasteiger partial charge is 0.150 e. The van der Waals surface area contributed by atoms with Crippen LogP contribution in [0.1, 0.15) is 32.4 Å². The Morgan fingerprint density at radius 1 is 1.06 bits per heavy atom. The summed E-state index contributed by atoms with van der Waals surface area (Å²) in [5, 5.41) is 11.0. The number of halogens is 1. The highest BCUT2D eigenvalue weighted by molar-refractivity contribution is 6.34. The molecule has 3 aliphatic heterocycles. The van der Waals surface area contributed by atoms with Crippen LogP contribution in [0.2, 0.25) is 5.02 Å². The molecule has 8 nitrogen and oxygen atoms in total. The minimum atomic E-state index is 0.0172. The van der Waals surface area contributed by atoms with Gasteiger partial charge in [0.05, 0.1) is 53.6 Å². The quantitative estimate of drug-likeness (QED) is 0.599. The molecule has 6 rings (SSSR count). The van der Waals surface area contributed by atoms with Gasteiger partial charge in [0, 0.05) is 38.2 Å². The van der Waals surface area contributed by atoms with Crippen LogP contribution in [0.3, 0.4) is 0 Å². The molecule has 0 radical (unpaired) electrons. The van der Waals surface area contributed by atoms with Gasteiger partial charge in [-0.2, -0.15) is 10.2 Å². The van der Waals surface area contributed by atoms with Gasteiger partial charge in [-0.15, -0.1) is 0 Å². The van der Waals surface area contributed by atoms with E-state index in [1.54, 1.807) is 0 Å². The maximum Gasteiger partial charge on any atom is 0.150 e. The second kappa shape index (κ2) is 8.02. The van der Waals surface area contributed by atoms with E-state index in [1.165, 1.54) is 6.42 Å². The summed E-state index contributed by atoms with van der Waals surface area (Å²) in [5.41, 5.74) is 3.24. The van der Waals surface area contributed by atoms with Crippen molar-refractivity contribution < 1.29 is 9.47 Å². The number of nitrogens with zero attached hydrogens (tertiary/aromatic N) is 6. The van der Waals surface area contributed by atoms with Gasteiger partial charge in [0.25, 0.3) is 0 Å². The van der Waals surface area contributed by atoms with Gasteiger partial charge < -0.3 is 14.4 Å². The highest BCUT2D eigenvalue weighted by Crippen LogP contribution is 2.34. The molecule has 170 valence electrons. The number of rotatable bonds is 4. The van der Waals surface area contributed by atoms with Crippen molar-refractivity contribution in [1.29, 1.82) is 0 Å². The molecule has 1 unspecified atom stereocenters. The summed E-state index contributed by atoms with van der Waals surface area (Å²) in [6.07, 6.45) is 9.07. The molecular weight excluding hydrogens is 428 g/mol. The fourth-order valence-corrected chi connectivity index (χ4v) is 5.37. The SMILES string of the molecule is CC1(N2CCN(c3cc4c(cnn4-c4cnn(C5CCCCO5)c4)cc3Cl)CC2)COC1. The Bertz CT molecular complexity index is 1110. The van der Waals surface area contributed by atoms with Crippen LogP contribution in [0.5, 0.6) is 0 Å². The monoisotopic (exact) mass is 456 g/mol. The number of hydrogen-bond donors (Lipinski definition) is 0. The van der Waals surface area contributed by atoms with Gasteiger partial charge in [0.1, 0.15) is 11.9 Å². The zero-order valence-electron chi connectivity index (χ0n) is 18.4. The van der Waals surface area contributed by atoms with E-state index in [1.807, 2.05) is 34.0 Å². The Morgan fingerprint density at radius 3 is 2.62 bits per heavy atom. The van der Waals surface area contributed by atoms with E-state index in [4.69, 9.17) is 21.1 Å². The Morgan fingerprint density at radius 2 is 1.91 bits per heavy atom. The third-order valence-electron chi connectivity index (χ3n) is 7.13. The first-order chi connectivity index (χ1) is 15.6. The summed E-state index contributed by atoms with van der Waals surface area (Å²) < 4.78 is 15.2. The van der Waals surface area contributed by atoms with Crippen molar-refractivity contribution in [3.63, 3.8) is 0 Å². The molecular formula is C23H29ClN6O2. The summed E-state index contributed by atoms with van der Waals surface area (Å²) in [6.45, 7) is 8.69. The van der Waals surface area contributed by atoms with Crippen LogP contribution >= 0.6 is 11.6 Å². The summed E-state index contributed by atoms with van der Waals surface area (Å²) in [7, 11) is 0. The summed E-state index contributed by atoms with van der Waals surface area (Å²) in [6, 6.07) is 4.20. The van der Waals surface area contributed by atoms with E-state index < -0.39 is 0 Å². The van der Waals surface area contributed by atoms with Crippen LogP contribution in [-0.4, -0.2) is 76.0 Å². The summed E-state index contributed by atoms with van der Waals surface area (Å²) in [5.74, 6) is 0. The maximum absolute atomic E-state index is 6.72. The molecule has 0 aliphatic carbocycles. The maximum atomic E-state index is 6.72. The van der Waals surface area contributed by atoms with Gasteiger partial charge >= 0.3 is 0 Å². The number of piperazine rings is 1. The minimum Gasteiger partial charge on any atom is -0.377 e. The standard InChI is InChI=1S/C23H29ClN6O2/c1-23(15-31-16-23)28-7-5-27(6-8-28)21-11-20-17(10-19(21)24)12-26-30(20)18-13-25-29(14-18)22-4-2-3-9-32-22/h10-14,22H,2-9,15-16H2,1H3. The highest BCUT2D eigenvalue weighted by atomic mass is 35.5. The number of hydrogen-bond acceptors (Lipinski definition) is 6. The second-order valence-corrected chi connectivity index (χ2v) is 9.79. The van der Waals surface area contributed by atoms with Crippen molar-refractivity contribution in [2.45, 2.75) is 38.0 Å². The van der Waals surface area contributed by atoms with Crippen LogP contribution in [0, 0.1) is 0 Å². The number of anilines is 1. The lowest BCUT2D eigenvalue weighted by molar-refractivity contribution is -0.131. The lowest BCUT2D eigenvalue weighted by atomic mass is 9.97. The molecule has 0 amide bonds. The van der Waals surface area contributed by atoms with E-state index in [0.29, 0.717) is 0 Å². The molecule has 2 aromatic heterocycles. The number of aromatic nitrogens is 4. The average Bonchev–Trinajstić information content (AvgIpc) is 3.44. The second-order valence-electron chi connectivity index (χ2n) is 9.38. The molecule has 5 heterocycles. The minimum absolute atomic E-state index is 0.0172.